The zero-order valence-electron chi connectivity index (χ0n) is 16.9. The van der Waals surface area contributed by atoms with Crippen LogP contribution in [0.2, 0.25) is 0 Å². The number of benzene rings is 1. The van der Waals surface area contributed by atoms with Gasteiger partial charge in [-0.3, -0.25) is 4.79 Å². The van der Waals surface area contributed by atoms with Crippen molar-refractivity contribution in [2.24, 2.45) is 5.92 Å². The molecule has 1 aromatic carbocycles. The molecule has 1 atom stereocenters. The molecule has 28 heavy (non-hydrogen) atoms. The Morgan fingerprint density at radius 2 is 2.14 bits per heavy atom. The molecule has 0 aliphatic carbocycles. The summed E-state index contributed by atoms with van der Waals surface area (Å²) in [6.45, 7) is 7.59. The molecule has 0 saturated carbocycles. The fourth-order valence-corrected chi connectivity index (χ4v) is 4.82. The number of carbonyl (C=O) groups is 1. The number of hydrogen-bond donors (Lipinski definition) is 0. The second-order valence-electron chi connectivity index (χ2n) is 7.53. The third-order valence-corrected chi connectivity index (χ3v) is 6.36. The van der Waals surface area contributed by atoms with Gasteiger partial charge in [0.05, 0.1) is 36.1 Å². The van der Waals surface area contributed by atoms with Crippen LogP contribution < -0.4 is 4.74 Å². The van der Waals surface area contributed by atoms with E-state index < -0.39 is 0 Å². The second kappa shape index (κ2) is 7.54. The summed E-state index contributed by atoms with van der Waals surface area (Å²) in [6, 6.07) is 5.90. The number of fused-ring (bicyclic) bond motifs is 1. The smallest absolute Gasteiger partial charge is 0.224 e. The Morgan fingerprint density at radius 1 is 1.32 bits per heavy atom. The van der Waals surface area contributed by atoms with E-state index in [1.807, 2.05) is 30.0 Å². The van der Waals surface area contributed by atoms with E-state index in [1.165, 1.54) is 11.5 Å². The molecule has 1 unspecified atom stereocenters. The Kier molecular flexibility index (Phi) is 5.10. The fourth-order valence-electron chi connectivity index (χ4n) is 4.13. The third kappa shape index (κ3) is 3.28. The van der Waals surface area contributed by atoms with Crippen LogP contribution in [0.25, 0.3) is 22.4 Å². The first-order valence-electron chi connectivity index (χ1n) is 9.77. The number of imidazole rings is 1. The van der Waals surface area contributed by atoms with Crippen LogP contribution in [0.3, 0.4) is 0 Å². The van der Waals surface area contributed by atoms with Gasteiger partial charge in [0.25, 0.3) is 0 Å². The number of ether oxygens (including phenoxy) is 1. The van der Waals surface area contributed by atoms with Crippen LogP contribution in [0.4, 0.5) is 0 Å². The number of aromatic nitrogens is 3. The topological polar surface area (TPSA) is 60.2 Å². The van der Waals surface area contributed by atoms with Gasteiger partial charge in [-0.05, 0) is 49.9 Å². The molecule has 1 amide bonds. The van der Waals surface area contributed by atoms with Gasteiger partial charge in [-0.2, -0.15) is 4.37 Å². The molecule has 7 heteroatoms. The van der Waals surface area contributed by atoms with Crippen molar-refractivity contribution in [2.75, 3.05) is 13.7 Å². The molecule has 0 bridgehead atoms. The lowest BCUT2D eigenvalue weighted by molar-refractivity contribution is -0.129. The predicted molar refractivity (Wildman–Crippen MR) is 112 cm³/mol. The molecule has 2 aromatic heterocycles. The van der Waals surface area contributed by atoms with Gasteiger partial charge < -0.3 is 14.2 Å². The van der Waals surface area contributed by atoms with Crippen LogP contribution in [0.5, 0.6) is 5.75 Å². The quantitative estimate of drug-likeness (QED) is 0.618. The summed E-state index contributed by atoms with van der Waals surface area (Å²) in [7, 11) is 1.67. The molecule has 0 N–H and O–H groups in total. The van der Waals surface area contributed by atoms with Gasteiger partial charge in [0.2, 0.25) is 5.91 Å². The van der Waals surface area contributed by atoms with Crippen LogP contribution >= 0.6 is 11.5 Å². The predicted octanol–water partition coefficient (Wildman–Crippen LogP) is 4.39. The molecule has 0 spiro atoms. The molecular formula is C21H26N4O2S. The van der Waals surface area contributed by atoms with Crippen LogP contribution in [-0.4, -0.2) is 38.4 Å². The maximum atomic E-state index is 12.6. The van der Waals surface area contributed by atoms with Gasteiger partial charge in [-0.25, -0.2) is 4.98 Å². The van der Waals surface area contributed by atoms with Crippen molar-refractivity contribution in [3.63, 3.8) is 0 Å². The number of methoxy groups -OCH3 is 1. The lowest BCUT2D eigenvalue weighted by Crippen LogP contribution is -2.28. The zero-order valence-corrected chi connectivity index (χ0v) is 17.7. The SMILES string of the molecule is CCCC1CC(=O)N(Cn2c(-c3c(C)nsc3C)nc3ccc(OC)cc32)C1. The van der Waals surface area contributed by atoms with Crippen molar-refractivity contribution in [3.05, 3.63) is 28.8 Å². The van der Waals surface area contributed by atoms with Gasteiger partial charge >= 0.3 is 0 Å². The summed E-state index contributed by atoms with van der Waals surface area (Å²) >= 11 is 1.49. The van der Waals surface area contributed by atoms with Gasteiger partial charge in [-0.15, -0.1) is 0 Å². The van der Waals surface area contributed by atoms with Gasteiger partial charge in [0.1, 0.15) is 11.6 Å². The van der Waals surface area contributed by atoms with Crippen molar-refractivity contribution in [1.82, 2.24) is 18.8 Å². The van der Waals surface area contributed by atoms with E-state index in [0.29, 0.717) is 19.0 Å². The molecule has 0 radical (unpaired) electrons. The van der Waals surface area contributed by atoms with Crippen LogP contribution in [0, 0.1) is 19.8 Å². The number of nitrogens with zero attached hydrogens (tertiary/aromatic N) is 4. The summed E-state index contributed by atoms with van der Waals surface area (Å²) in [5, 5.41) is 0. The average Bonchev–Trinajstić information content (AvgIpc) is 3.31. The molecular weight excluding hydrogens is 372 g/mol. The standard InChI is InChI=1S/C21H26N4O2S/c1-5-6-15-9-19(26)24(11-15)12-25-18-10-16(27-4)7-8-17(18)22-21(25)20-13(2)23-28-14(20)3/h7-8,10,15H,5-6,9,11-12H2,1-4H3. The lowest BCUT2D eigenvalue weighted by atomic mass is 10.0. The van der Waals surface area contributed by atoms with Crippen LogP contribution in [0.15, 0.2) is 18.2 Å². The zero-order chi connectivity index (χ0) is 19.8. The Hall–Kier alpha value is -2.41. The Balaban J connectivity index is 1.81. The van der Waals surface area contributed by atoms with Gasteiger partial charge in [-0.1, -0.05) is 13.3 Å². The van der Waals surface area contributed by atoms with E-state index in [9.17, 15) is 4.79 Å². The highest BCUT2D eigenvalue weighted by Crippen LogP contribution is 2.34. The van der Waals surface area contributed by atoms with E-state index in [4.69, 9.17) is 9.72 Å². The molecule has 3 heterocycles. The molecule has 1 aliphatic rings. The molecule has 3 aromatic rings. The van der Waals surface area contributed by atoms with E-state index in [-0.39, 0.29) is 5.91 Å². The molecule has 4 rings (SSSR count). The minimum atomic E-state index is 0.228. The molecule has 6 nitrogen and oxygen atoms in total. The van der Waals surface area contributed by atoms with E-state index in [1.54, 1.807) is 7.11 Å². The summed E-state index contributed by atoms with van der Waals surface area (Å²) in [6.07, 6.45) is 2.86. The van der Waals surface area contributed by atoms with Crippen molar-refractivity contribution in [2.45, 2.75) is 46.7 Å². The average molecular weight is 399 g/mol. The first kappa shape index (κ1) is 18.9. The monoisotopic (exact) mass is 398 g/mol. The van der Waals surface area contributed by atoms with Crippen molar-refractivity contribution in [3.8, 4) is 17.1 Å². The summed E-state index contributed by atoms with van der Waals surface area (Å²) in [5.41, 5.74) is 3.92. The Bertz CT molecular complexity index is 1000. The van der Waals surface area contributed by atoms with E-state index >= 15 is 0 Å². The first-order valence-corrected chi connectivity index (χ1v) is 10.5. The van der Waals surface area contributed by atoms with Gasteiger partial charge in [0, 0.05) is 23.9 Å². The molecule has 1 saturated heterocycles. The third-order valence-electron chi connectivity index (χ3n) is 5.52. The van der Waals surface area contributed by atoms with Crippen molar-refractivity contribution < 1.29 is 9.53 Å². The van der Waals surface area contributed by atoms with E-state index in [2.05, 4.69) is 22.8 Å². The number of rotatable bonds is 6. The van der Waals surface area contributed by atoms with Crippen molar-refractivity contribution in [1.29, 1.82) is 0 Å². The van der Waals surface area contributed by atoms with Crippen molar-refractivity contribution >= 4 is 28.5 Å². The largest absolute Gasteiger partial charge is 0.497 e. The Labute approximate surface area is 169 Å². The number of carbonyl (C=O) groups excluding carboxylic acids is 1. The minimum Gasteiger partial charge on any atom is -0.497 e. The number of likely N-dealkylation sites (tertiary alicyclic amines) is 1. The molecule has 1 fully saturated rings. The van der Waals surface area contributed by atoms with E-state index in [0.717, 1.165) is 58.1 Å². The summed E-state index contributed by atoms with van der Waals surface area (Å²) in [5.74, 6) is 2.34. The summed E-state index contributed by atoms with van der Waals surface area (Å²) < 4.78 is 12.1. The maximum absolute atomic E-state index is 12.6. The normalized spacial score (nSPS) is 17.1. The van der Waals surface area contributed by atoms with Crippen LogP contribution in [0.1, 0.15) is 36.8 Å². The minimum absolute atomic E-state index is 0.228. The highest BCUT2D eigenvalue weighted by molar-refractivity contribution is 7.06. The fraction of sp³-hybridized carbons (Fsp3) is 0.476. The second-order valence-corrected chi connectivity index (χ2v) is 8.51. The summed E-state index contributed by atoms with van der Waals surface area (Å²) in [4.78, 5) is 20.6. The number of aryl methyl sites for hydroxylation is 2. The lowest BCUT2D eigenvalue weighted by Gasteiger charge is -2.20. The first-order chi connectivity index (χ1) is 13.5. The number of hydrogen-bond acceptors (Lipinski definition) is 5. The Morgan fingerprint density at radius 3 is 2.82 bits per heavy atom. The molecule has 1 aliphatic heterocycles. The number of amides is 1. The molecule has 148 valence electrons. The highest BCUT2D eigenvalue weighted by Gasteiger charge is 2.30. The van der Waals surface area contributed by atoms with Gasteiger partial charge in [0.15, 0.2) is 0 Å². The highest BCUT2D eigenvalue weighted by atomic mass is 32.1. The van der Waals surface area contributed by atoms with Crippen LogP contribution in [-0.2, 0) is 11.5 Å². The maximum Gasteiger partial charge on any atom is 0.224 e.